The van der Waals surface area contributed by atoms with Gasteiger partial charge in [0.15, 0.2) is 18.1 Å². The highest BCUT2D eigenvalue weighted by Gasteiger charge is 2.17. The largest absolute Gasteiger partial charge is 0.493 e. The van der Waals surface area contributed by atoms with E-state index in [0.717, 1.165) is 16.6 Å². The monoisotopic (exact) mass is 565 g/mol. The maximum absolute atomic E-state index is 12.9. The fourth-order valence-electron chi connectivity index (χ4n) is 4.24. The molecule has 0 saturated carbocycles. The van der Waals surface area contributed by atoms with E-state index in [9.17, 15) is 14.4 Å². The third-order valence-electron chi connectivity index (χ3n) is 6.34. The third-order valence-corrected chi connectivity index (χ3v) is 6.34. The van der Waals surface area contributed by atoms with Crippen molar-refractivity contribution in [3.63, 3.8) is 0 Å². The van der Waals surface area contributed by atoms with Crippen molar-refractivity contribution < 1.29 is 28.2 Å². The first-order valence-corrected chi connectivity index (χ1v) is 13.0. The number of para-hydroxylation sites is 2. The smallest absolute Gasteiger partial charge is 0.345 e. The molecule has 0 aliphatic heterocycles. The minimum Gasteiger partial charge on any atom is -0.493 e. The number of nitrogens with zero attached hydrogens (tertiary/aromatic N) is 2. The lowest BCUT2D eigenvalue weighted by Gasteiger charge is -2.10. The lowest BCUT2D eigenvalue weighted by Crippen LogP contribution is -2.28. The summed E-state index contributed by atoms with van der Waals surface area (Å²) in [6.45, 7) is -0.260. The average molecular weight is 566 g/mol. The Morgan fingerprint density at radius 2 is 1.71 bits per heavy atom. The molecule has 2 heterocycles. The van der Waals surface area contributed by atoms with Gasteiger partial charge in [0, 0.05) is 29.8 Å². The minimum atomic E-state index is -0.736. The number of fused-ring (bicyclic) bond motifs is 1. The first kappa shape index (κ1) is 27.9. The van der Waals surface area contributed by atoms with Crippen LogP contribution in [0, 0.1) is 0 Å². The third kappa shape index (κ3) is 6.39. The number of ether oxygens (including phenoxy) is 3. The molecular weight excluding hydrogens is 538 g/mol. The van der Waals surface area contributed by atoms with Crippen molar-refractivity contribution in [2.24, 2.45) is 0 Å². The van der Waals surface area contributed by atoms with Crippen molar-refractivity contribution in [2.75, 3.05) is 20.8 Å². The van der Waals surface area contributed by atoms with Crippen molar-refractivity contribution in [3.05, 3.63) is 113 Å². The molecule has 0 spiro atoms. The van der Waals surface area contributed by atoms with Crippen LogP contribution in [0.1, 0.15) is 11.1 Å². The number of carbonyl (C=O) groups excluding carboxylic acids is 2. The Kier molecular flexibility index (Phi) is 8.43. The van der Waals surface area contributed by atoms with Crippen LogP contribution in [0.3, 0.4) is 0 Å². The van der Waals surface area contributed by atoms with E-state index < -0.39 is 24.1 Å². The molecule has 0 saturated heterocycles. The molecule has 212 valence electrons. The Bertz CT molecular complexity index is 1820. The van der Waals surface area contributed by atoms with Gasteiger partial charge in [-0.25, -0.2) is 14.3 Å². The second-order valence-electron chi connectivity index (χ2n) is 9.11. The highest BCUT2D eigenvalue weighted by Crippen LogP contribution is 2.28. The predicted octanol–water partition coefficient (Wildman–Crippen LogP) is 4.54. The van der Waals surface area contributed by atoms with Gasteiger partial charge in [-0.1, -0.05) is 42.5 Å². The Balaban J connectivity index is 1.30. The summed E-state index contributed by atoms with van der Waals surface area (Å²) in [5, 5.41) is 8.05. The molecule has 0 atom stereocenters. The van der Waals surface area contributed by atoms with Crippen molar-refractivity contribution in [1.29, 1.82) is 0 Å². The van der Waals surface area contributed by atoms with E-state index in [1.807, 2.05) is 42.5 Å². The van der Waals surface area contributed by atoms with Crippen LogP contribution in [-0.2, 0) is 20.9 Å². The Hall–Kier alpha value is -5.64. The van der Waals surface area contributed by atoms with Crippen LogP contribution in [0.2, 0.25) is 0 Å². The summed E-state index contributed by atoms with van der Waals surface area (Å²) in [4.78, 5) is 37.7. The molecule has 0 aliphatic carbocycles. The average Bonchev–Trinajstić information content (AvgIpc) is 3.45. The van der Waals surface area contributed by atoms with E-state index >= 15 is 0 Å². The normalized spacial score (nSPS) is 11.0. The number of hydrogen-bond acceptors (Lipinski definition) is 8. The summed E-state index contributed by atoms with van der Waals surface area (Å²) in [6, 6.07) is 23.5. The summed E-state index contributed by atoms with van der Waals surface area (Å²) >= 11 is 0. The second-order valence-corrected chi connectivity index (χ2v) is 9.11. The fraction of sp³-hybridized carbons (Fsp3) is 0.125. The zero-order valence-corrected chi connectivity index (χ0v) is 22.9. The lowest BCUT2D eigenvalue weighted by molar-refractivity contribution is -0.143. The Morgan fingerprint density at radius 3 is 2.50 bits per heavy atom. The number of methoxy groups -OCH3 is 2. The summed E-state index contributed by atoms with van der Waals surface area (Å²) in [6.07, 6.45) is 4.36. The van der Waals surface area contributed by atoms with E-state index in [2.05, 4.69) is 10.4 Å². The van der Waals surface area contributed by atoms with E-state index in [1.165, 1.54) is 19.3 Å². The standard InChI is InChI=1S/C32H27N3O7/c1-39-27-14-12-21(16-28(27)40-2)18-33-29(36)20-41-30(37)15-13-23-19-35(24-9-4-3-5-10-24)34-31(23)25-17-22-8-6-7-11-26(22)42-32(25)38/h3-17,19H,18,20H2,1-2H3,(H,33,36). The molecule has 1 N–H and O–H groups in total. The van der Waals surface area contributed by atoms with Crippen LogP contribution in [0.4, 0.5) is 0 Å². The van der Waals surface area contributed by atoms with Crippen LogP contribution < -0.4 is 20.4 Å². The van der Waals surface area contributed by atoms with Gasteiger partial charge in [-0.2, -0.15) is 5.10 Å². The number of rotatable bonds is 10. The molecule has 2 aromatic heterocycles. The summed E-state index contributed by atoms with van der Waals surface area (Å²) in [5.41, 5.74) is 2.50. The van der Waals surface area contributed by atoms with E-state index in [1.54, 1.807) is 54.4 Å². The molecule has 0 unspecified atom stereocenters. The van der Waals surface area contributed by atoms with Gasteiger partial charge in [-0.15, -0.1) is 0 Å². The summed E-state index contributed by atoms with van der Waals surface area (Å²) in [7, 11) is 3.07. The number of carbonyl (C=O) groups is 2. The summed E-state index contributed by atoms with van der Waals surface area (Å²) in [5.74, 6) is -0.0948. The predicted molar refractivity (Wildman–Crippen MR) is 156 cm³/mol. The van der Waals surface area contributed by atoms with Gasteiger partial charge in [0.25, 0.3) is 5.91 Å². The van der Waals surface area contributed by atoms with Gasteiger partial charge in [0.05, 0.1) is 25.5 Å². The Morgan fingerprint density at radius 1 is 0.952 bits per heavy atom. The fourth-order valence-corrected chi connectivity index (χ4v) is 4.24. The minimum absolute atomic E-state index is 0.211. The van der Waals surface area contributed by atoms with E-state index in [4.69, 9.17) is 18.6 Å². The highest BCUT2D eigenvalue weighted by molar-refractivity contribution is 5.91. The number of benzene rings is 3. The molecule has 0 fully saturated rings. The maximum atomic E-state index is 12.9. The van der Waals surface area contributed by atoms with Gasteiger partial charge < -0.3 is 23.9 Å². The first-order valence-electron chi connectivity index (χ1n) is 13.0. The molecule has 5 rings (SSSR count). The van der Waals surface area contributed by atoms with Crippen molar-refractivity contribution in [3.8, 4) is 28.4 Å². The van der Waals surface area contributed by atoms with Crippen LogP contribution in [0.5, 0.6) is 11.5 Å². The second kappa shape index (κ2) is 12.7. The lowest BCUT2D eigenvalue weighted by atomic mass is 10.1. The quantitative estimate of drug-likeness (QED) is 0.149. The first-order chi connectivity index (χ1) is 20.4. The SMILES string of the molecule is COc1ccc(CNC(=O)COC(=O)C=Cc2cn(-c3ccccc3)nc2-c2cc3ccccc3oc2=O)cc1OC. The zero-order chi connectivity index (χ0) is 29.5. The molecule has 10 heteroatoms. The van der Waals surface area contributed by atoms with E-state index in [-0.39, 0.29) is 12.1 Å². The number of amides is 1. The van der Waals surface area contributed by atoms with Crippen LogP contribution in [-0.4, -0.2) is 42.5 Å². The number of aromatic nitrogens is 2. The van der Waals surface area contributed by atoms with Gasteiger partial charge in [-0.05, 0) is 48.0 Å². The molecule has 10 nitrogen and oxygen atoms in total. The van der Waals surface area contributed by atoms with Gasteiger partial charge in [0.2, 0.25) is 0 Å². The molecule has 1 amide bonds. The molecule has 3 aromatic carbocycles. The van der Waals surface area contributed by atoms with Gasteiger partial charge >= 0.3 is 11.6 Å². The van der Waals surface area contributed by atoms with Crippen LogP contribution >= 0.6 is 0 Å². The maximum Gasteiger partial charge on any atom is 0.345 e. The van der Waals surface area contributed by atoms with Crippen molar-refractivity contribution >= 4 is 28.9 Å². The molecule has 0 bridgehead atoms. The molecule has 0 aliphatic rings. The number of nitrogens with one attached hydrogen (secondary N) is 1. The van der Waals surface area contributed by atoms with Crippen LogP contribution in [0.15, 0.2) is 100 Å². The number of esters is 1. The molecule has 0 radical (unpaired) electrons. The molecule has 5 aromatic rings. The molecule has 42 heavy (non-hydrogen) atoms. The van der Waals surface area contributed by atoms with Gasteiger partial charge in [0.1, 0.15) is 11.3 Å². The van der Waals surface area contributed by atoms with Crippen LogP contribution in [0.25, 0.3) is 34.0 Å². The van der Waals surface area contributed by atoms with Crippen molar-refractivity contribution in [1.82, 2.24) is 15.1 Å². The van der Waals surface area contributed by atoms with Crippen molar-refractivity contribution in [2.45, 2.75) is 6.54 Å². The van der Waals surface area contributed by atoms with Gasteiger partial charge in [-0.3, -0.25) is 4.79 Å². The Labute approximate surface area is 240 Å². The number of hydrogen-bond donors (Lipinski definition) is 1. The van der Waals surface area contributed by atoms with E-state index in [0.29, 0.717) is 28.3 Å². The summed E-state index contributed by atoms with van der Waals surface area (Å²) < 4.78 is 22.7. The molecular formula is C32H27N3O7. The topological polar surface area (TPSA) is 122 Å². The zero-order valence-electron chi connectivity index (χ0n) is 22.9. The highest BCUT2D eigenvalue weighted by atomic mass is 16.5.